The number of carbonyl (C=O) groups excluding carboxylic acids is 1. The van der Waals surface area contributed by atoms with Crippen molar-refractivity contribution in [3.8, 4) is 0 Å². The highest BCUT2D eigenvalue weighted by Gasteiger charge is 2.22. The third-order valence-corrected chi connectivity index (χ3v) is 3.38. The van der Waals surface area contributed by atoms with Gasteiger partial charge in [0.05, 0.1) is 0 Å². The summed E-state index contributed by atoms with van der Waals surface area (Å²) in [5.41, 5.74) is 7.29. The Kier molecular flexibility index (Phi) is 4.68. The van der Waals surface area contributed by atoms with Gasteiger partial charge in [-0.2, -0.15) is 0 Å². The number of hydrogen-bond acceptors (Lipinski definition) is 4. The number of aryl methyl sites for hydroxylation is 1. The van der Waals surface area contributed by atoms with Crippen molar-refractivity contribution in [2.45, 2.75) is 50.4 Å². The molecule has 1 rings (SSSR count). The lowest BCUT2D eigenvalue weighted by Crippen LogP contribution is -2.28. The van der Waals surface area contributed by atoms with Crippen molar-refractivity contribution < 1.29 is 9.53 Å². The third-order valence-electron chi connectivity index (χ3n) is 2.21. The van der Waals surface area contributed by atoms with Gasteiger partial charge >= 0.3 is 5.97 Å². The van der Waals surface area contributed by atoms with Crippen LogP contribution in [-0.2, 0) is 9.53 Å². The number of thioether (sulfide) groups is 1. The van der Waals surface area contributed by atoms with E-state index in [1.54, 1.807) is 0 Å². The zero-order valence-electron chi connectivity index (χ0n) is 11.6. The van der Waals surface area contributed by atoms with Crippen molar-refractivity contribution in [1.29, 1.82) is 0 Å². The number of rotatable bonds is 3. The summed E-state index contributed by atoms with van der Waals surface area (Å²) in [5, 5.41) is -0.269. The van der Waals surface area contributed by atoms with Crippen molar-refractivity contribution in [2.75, 3.05) is 5.73 Å². The fraction of sp³-hybridized carbons (Fsp3) is 0.500. The van der Waals surface area contributed by atoms with Crippen LogP contribution in [0.25, 0.3) is 0 Å². The lowest BCUT2D eigenvalue weighted by Gasteiger charge is -2.22. The number of anilines is 1. The van der Waals surface area contributed by atoms with Crippen molar-refractivity contribution >= 4 is 23.4 Å². The van der Waals surface area contributed by atoms with Gasteiger partial charge in [0, 0.05) is 10.6 Å². The molecule has 0 spiro atoms. The zero-order valence-corrected chi connectivity index (χ0v) is 12.4. The van der Waals surface area contributed by atoms with E-state index < -0.39 is 5.60 Å². The molecule has 2 N–H and O–H groups in total. The molecule has 0 fully saturated rings. The van der Waals surface area contributed by atoms with E-state index in [-0.39, 0.29) is 11.2 Å². The van der Waals surface area contributed by atoms with Gasteiger partial charge in [-0.1, -0.05) is 6.07 Å². The average Bonchev–Trinajstić information content (AvgIpc) is 2.19. The topological polar surface area (TPSA) is 52.3 Å². The molecule has 0 aliphatic heterocycles. The van der Waals surface area contributed by atoms with Crippen LogP contribution in [0.15, 0.2) is 23.1 Å². The summed E-state index contributed by atoms with van der Waals surface area (Å²) >= 11 is 1.43. The summed E-state index contributed by atoms with van der Waals surface area (Å²) in [6, 6.07) is 5.83. The summed E-state index contributed by atoms with van der Waals surface area (Å²) in [5.74, 6) is -0.215. The molecule has 1 unspecified atom stereocenters. The molecule has 3 nitrogen and oxygen atoms in total. The Morgan fingerprint density at radius 3 is 2.50 bits per heavy atom. The number of benzene rings is 1. The second-order valence-corrected chi connectivity index (χ2v) is 6.72. The molecule has 100 valence electrons. The van der Waals surface area contributed by atoms with E-state index in [0.717, 1.165) is 10.5 Å². The van der Waals surface area contributed by atoms with Crippen molar-refractivity contribution in [3.63, 3.8) is 0 Å². The van der Waals surface area contributed by atoms with Gasteiger partial charge in [0.1, 0.15) is 10.9 Å². The molecule has 0 saturated carbocycles. The maximum absolute atomic E-state index is 11.9. The van der Waals surface area contributed by atoms with Crippen molar-refractivity contribution in [3.05, 3.63) is 23.8 Å². The van der Waals surface area contributed by atoms with Gasteiger partial charge in [-0.15, -0.1) is 11.8 Å². The van der Waals surface area contributed by atoms with Crippen LogP contribution in [-0.4, -0.2) is 16.8 Å². The maximum atomic E-state index is 11.9. The first kappa shape index (κ1) is 14.9. The quantitative estimate of drug-likeness (QED) is 0.518. The molecule has 1 aromatic rings. The Morgan fingerprint density at radius 1 is 1.39 bits per heavy atom. The van der Waals surface area contributed by atoms with Gasteiger partial charge in [-0.05, 0) is 52.3 Å². The molecular weight excluding hydrogens is 246 g/mol. The van der Waals surface area contributed by atoms with Crippen LogP contribution in [0.4, 0.5) is 5.69 Å². The highest BCUT2D eigenvalue weighted by Crippen LogP contribution is 2.30. The van der Waals surface area contributed by atoms with Crippen LogP contribution in [0.3, 0.4) is 0 Å². The monoisotopic (exact) mass is 267 g/mol. The highest BCUT2D eigenvalue weighted by atomic mass is 32.2. The van der Waals surface area contributed by atoms with E-state index in [4.69, 9.17) is 10.5 Å². The Morgan fingerprint density at radius 2 is 2.00 bits per heavy atom. The molecule has 0 heterocycles. The van der Waals surface area contributed by atoms with Gasteiger partial charge in [-0.3, -0.25) is 4.79 Å². The van der Waals surface area contributed by atoms with E-state index in [2.05, 4.69) is 0 Å². The van der Waals surface area contributed by atoms with Crippen LogP contribution in [0.1, 0.15) is 33.3 Å². The predicted molar refractivity (Wildman–Crippen MR) is 76.8 cm³/mol. The molecule has 18 heavy (non-hydrogen) atoms. The molecule has 0 radical (unpaired) electrons. The fourth-order valence-electron chi connectivity index (χ4n) is 1.40. The SMILES string of the molecule is Cc1ccc(SC(C)C(=O)OC(C)(C)C)c(N)c1. The van der Waals surface area contributed by atoms with Crippen LogP contribution in [0, 0.1) is 6.92 Å². The lowest BCUT2D eigenvalue weighted by molar-refractivity contribution is -0.153. The minimum absolute atomic E-state index is 0.215. The molecule has 0 aromatic heterocycles. The number of hydrogen-bond donors (Lipinski definition) is 1. The zero-order chi connectivity index (χ0) is 13.9. The average molecular weight is 267 g/mol. The second-order valence-electron chi connectivity index (χ2n) is 5.33. The van der Waals surface area contributed by atoms with Gasteiger partial charge < -0.3 is 10.5 Å². The van der Waals surface area contributed by atoms with E-state index in [1.165, 1.54) is 11.8 Å². The van der Waals surface area contributed by atoms with E-state index in [0.29, 0.717) is 5.69 Å². The summed E-state index contributed by atoms with van der Waals surface area (Å²) in [6.07, 6.45) is 0. The first-order valence-electron chi connectivity index (χ1n) is 5.94. The van der Waals surface area contributed by atoms with Crippen LogP contribution in [0.5, 0.6) is 0 Å². The molecule has 0 saturated heterocycles. The standard InChI is InChI=1S/C14H21NO2S/c1-9-6-7-12(11(15)8-9)18-10(2)13(16)17-14(3,4)5/h6-8,10H,15H2,1-5H3. The molecule has 0 bridgehead atoms. The van der Waals surface area contributed by atoms with Gasteiger partial charge in [-0.25, -0.2) is 0 Å². The Labute approximate surface area is 113 Å². The summed E-state index contributed by atoms with van der Waals surface area (Å²) in [6.45, 7) is 9.41. The van der Waals surface area contributed by atoms with Gasteiger partial charge in [0.15, 0.2) is 0 Å². The molecule has 1 aromatic carbocycles. The van der Waals surface area contributed by atoms with Gasteiger partial charge in [0.2, 0.25) is 0 Å². The second kappa shape index (κ2) is 5.65. The molecular formula is C14H21NO2S. The van der Waals surface area contributed by atoms with Crippen LogP contribution >= 0.6 is 11.8 Å². The third kappa shape index (κ3) is 4.61. The van der Waals surface area contributed by atoms with E-state index in [1.807, 2.05) is 52.8 Å². The summed E-state index contributed by atoms with van der Waals surface area (Å²) in [7, 11) is 0. The maximum Gasteiger partial charge on any atom is 0.319 e. The molecule has 0 amide bonds. The van der Waals surface area contributed by atoms with Crippen molar-refractivity contribution in [1.82, 2.24) is 0 Å². The Hall–Kier alpha value is -1.16. The Bertz CT molecular complexity index is 438. The molecule has 0 aliphatic carbocycles. The summed E-state index contributed by atoms with van der Waals surface area (Å²) in [4.78, 5) is 12.8. The normalized spacial score (nSPS) is 13.2. The van der Waals surface area contributed by atoms with Crippen molar-refractivity contribution in [2.24, 2.45) is 0 Å². The number of carbonyl (C=O) groups is 1. The minimum atomic E-state index is -0.454. The smallest absolute Gasteiger partial charge is 0.319 e. The fourth-order valence-corrected chi connectivity index (χ4v) is 2.27. The number of nitrogens with two attached hydrogens (primary N) is 1. The lowest BCUT2D eigenvalue weighted by atomic mass is 10.2. The first-order chi connectivity index (χ1) is 8.19. The summed E-state index contributed by atoms with van der Waals surface area (Å²) < 4.78 is 5.33. The minimum Gasteiger partial charge on any atom is -0.459 e. The number of esters is 1. The van der Waals surface area contributed by atoms with Crippen LogP contribution in [0.2, 0.25) is 0 Å². The van der Waals surface area contributed by atoms with E-state index in [9.17, 15) is 4.79 Å². The number of nitrogen functional groups attached to an aromatic ring is 1. The largest absolute Gasteiger partial charge is 0.459 e. The van der Waals surface area contributed by atoms with Crippen LogP contribution < -0.4 is 5.73 Å². The highest BCUT2D eigenvalue weighted by molar-refractivity contribution is 8.00. The Balaban J connectivity index is 2.69. The molecule has 4 heteroatoms. The first-order valence-corrected chi connectivity index (χ1v) is 6.82. The molecule has 0 aliphatic rings. The van der Waals surface area contributed by atoms with Gasteiger partial charge in [0.25, 0.3) is 0 Å². The molecule has 1 atom stereocenters. The van der Waals surface area contributed by atoms with E-state index >= 15 is 0 Å². The number of ether oxygens (including phenoxy) is 1. The predicted octanol–water partition coefficient (Wildman–Crippen LogP) is 3.40.